The number of ether oxygens (including phenoxy) is 3. The maximum absolute atomic E-state index is 5.37. The highest BCUT2D eigenvalue weighted by molar-refractivity contribution is 5.79. The quantitative estimate of drug-likeness (QED) is 0.557. The van der Waals surface area contributed by atoms with E-state index in [-0.39, 0.29) is 0 Å². The van der Waals surface area contributed by atoms with Gasteiger partial charge in [0.05, 0.1) is 34.4 Å². The van der Waals surface area contributed by atoms with Crippen molar-refractivity contribution in [2.75, 3.05) is 27.9 Å². The number of aromatic nitrogens is 1. The van der Waals surface area contributed by atoms with Gasteiger partial charge in [0.1, 0.15) is 12.0 Å². The monoisotopic (exact) mass is 348 g/mol. The van der Waals surface area contributed by atoms with Gasteiger partial charge in [0.2, 0.25) is 5.75 Å². The van der Waals surface area contributed by atoms with Crippen LogP contribution in [0.5, 0.6) is 17.2 Å². The molecule has 0 radical (unpaired) electrons. The van der Waals surface area contributed by atoms with Crippen molar-refractivity contribution in [2.45, 2.75) is 20.0 Å². The lowest BCUT2D eigenvalue weighted by molar-refractivity contribution is 0.324. The predicted molar refractivity (Wildman–Crippen MR) is 94.3 cm³/mol. The van der Waals surface area contributed by atoms with Crippen molar-refractivity contribution in [1.82, 2.24) is 15.8 Å². The predicted octanol–water partition coefficient (Wildman–Crippen LogP) is 1.96. The normalized spacial score (nSPS) is 11.1. The summed E-state index contributed by atoms with van der Waals surface area (Å²) in [7, 11) is 4.76. The molecule has 2 N–H and O–H groups in total. The molecule has 2 aromatic rings. The standard InChI is InChI=1S/C17H24N4O4/c1-5-18-17(20-11-13-6-7-25-21-13)19-10-12-8-14(22-2)16(24-4)15(9-12)23-3/h6-9H,5,10-11H2,1-4H3,(H2,18,19,20). The zero-order chi connectivity index (χ0) is 18.1. The lowest BCUT2D eigenvalue weighted by atomic mass is 10.2. The Labute approximate surface area is 147 Å². The second-order valence-electron chi connectivity index (χ2n) is 5.07. The molecule has 8 nitrogen and oxygen atoms in total. The first-order valence-electron chi connectivity index (χ1n) is 7.92. The number of rotatable bonds is 8. The molecule has 1 aromatic carbocycles. The third kappa shape index (κ3) is 5.03. The van der Waals surface area contributed by atoms with Crippen molar-refractivity contribution < 1.29 is 18.7 Å². The van der Waals surface area contributed by atoms with Gasteiger partial charge in [-0.3, -0.25) is 0 Å². The van der Waals surface area contributed by atoms with Crippen LogP contribution in [0, 0.1) is 0 Å². The van der Waals surface area contributed by atoms with Gasteiger partial charge in [-0.15, -0.1) is 0 Å². The second-order valence-corrected chi connectivity index (χ2v) is 5.07. The number of aliphatic imine (C=N–C) groups is 1. The minimum Gasteiger partial charge on any atom is -0.493 e. The highest BCUT2D eigenvalue weighted by atomic mass is 16.5. The first-order valence-corrected chi connectivity index (χ1v) is 7.92. The molecule has 0 atom stereocenters. The van der Waals surface area contributed by atoms with Crippen LogP contribution in [0.15, 0.2) is 34.0 Å². The molecule has 0 aliphatic carbocycles. The summed E-state index contributed by atoms with van der Waals surface area (Å²) < 4.78 is 20.9. The molecule has 0 aliphatic rings. The van der Waals surface area contributed by atoms with Crippen LogP contribution in [0.3, 0.4) is 0 Å². The summed E-state index contributed by atoms with van der Waals surface area (Å²) in [4.78, 5) is 4.57. The molecule has 0 amide bonds. The van der Waals surface area contributed by atoms with Gasteiger partial charge in [-0.05, 0) is 24.6 Å². The summed E-state index contributed by atoms with van der Waals surface area (Å²) in [5, 5.41) is 10.3. The van der Waals surface area contributed by atoms with Crippen molar-refractivity contribution in [3.8, 4) is 17.2 Å². The number of hydrogen-bond donors (Lipinski definition) is 2. The fourth-order valence-corrected chi connectivity index (χ4v) is 2.24. The Bertz CT molecular complexity index is 661. The maximum atomic E-state index is 5.37. The van der Waals surface area contributed by atoms with Crippen LogP contribution >= 0.6 is 0 Å². The average molecular weight is 348 g/mol. The molecule has 1 aromatic heterocycles. The van der Waals surface area contributed by atoms with Gasteiger partial charge >= 0.3 is 0 Å². The first-order chi connectivity index (χ1) is 12.2. The van der Waals surface area contributed by atoms with E-state index in [0.29, 0.717) is 36.3 Å². The highest BCUT2D eigenvalue weighted by Crippen LogP contribution is 2.38. The summed E-state index contributed by atoms with van der Waals surface area (Å²) in [6, 6.07) is 5.56. The number of nitrogens with zero attached hydrogens (tertiary/aromatic N) is 2. The van der Waals surface area contributed by atoms with E-state index < -0.39 is 0 Å². The van der Waals surface area contributed by atoms with Crippen LogP contribution in [0.1, 0.15) is 18.2 Å². The van der Waals surface area contributed by atoms with Crippen LogP contribution in [0.4, 0.5) is 0 Å². The van der Waals surface area contributed by atoms with Gasteiger partial charge in [-0.25, -0.2) is 4.99 Å². The van der Waals surface area contributed by atoms with Gasteiger partial charge in [0.15, 0.2) is 17.5 Å². The molecule has 25 heavy (non-hydrogen) atoms. The van der Waals surface area contributed by atoms with Crippen LogP contribution < -0.4 is 24.8 Å². The van der Waals surface area contributed by atoms with Crippen molar-refractivity contribution in [2.24, 2.45) is 4.99 Å². The third-order valence-corrected chi connectivity index (χ3v) is 3.42. The molecular weight excluding hydrogens is 324 g/mol. The first kappa shape index (κ1) is 18.4. The molecule has 0 bridgehead atoms. The van der Waals surface area contributed by atoms with Crippen molar-refractivity contribution in [3.05, 3.63) is 35.7 Å². The van der Waals surface area contributed by atoms with Crippen LogP contribution in [-0.4, -0.2) is 39.0 Å². The Morgan fingerprint density at radius 1 is 1.12 bits per heavy atom. The Kier molecular flexibility index (Phi) is 6.94. The lowest BCUT2D eigenvalue weighted by Gasteiger charge is -2.14. The molecule has 1 heterocycles. The molecule has 0 spiro atoms. The minimum absolute atomic E-state index is 0.449. The topological polar surface area (TPSA) is 90.1 Å². The van der Waals surface area contributed by atoms with E-state index in [1.54, 1.807) is 27.4 Å². The Morgan fingerprint density at radius 2 is 1.84 bits per heavy atom. The van der Waals surface area contributed by atoms with E-state index >= 15 is 0 Å². The summed E-state index contributed by atoms with van der Waals surface area (Å²) >= 11 is 0. The van der Waals surface area contributed by atoms with Crippen molar-refractivity contribution in [1.29, 1.82) is 0 Å². The van der Waals surface area contributed by atoms with Crippen LogP contribution in [0.25, 0.3) is 0 Å². The molecule has 0 saturated heterocycles. The molecule has 0 fully saturated rings. The smallest absolute Gasteiger partial charge is 0.203 e. The van der Waals surface area contributed by atoms with Gasteiger partial charge in [0.25, 0.3) is 0 Å². The van der Waals surface area contributed by atoms with E-state index in [2.05, 4.69) is 20.8 Å². The molecule has 0 aliphatic heterocycles. The fourth-order valence-electron chi connectivity index (χ4n) is 2.24. The number of guanidine groups is 1. The van der Waals surface area contributed by atoms with E-state index in [0.717, 1.165) is 17.8 Å². The maximum Gasteiger partial charge on any atom is 0.203 e. The van der Waals surface area contributed by atoms with Gasteiger partial charge in [-0.2, -0.15) is 0 Å². The number of benzene rings is 1. The second kappa shape index (κ2) is 9.41. The zero-order valence-corrected chi connectivity index (χ0v) is 15.0. The van der Waals surface area contributed by atoms with Crippen molar-refractivity contribution >= 4 is 5.96 Å². The third-order valence-electron chi connectivity index (χ3n) is 3.42. The lowest BCUT2D eigenvalue weighted by Crippen LogP contribution is -2.36. The fraction of sp³-hybridized carbons (Fsp3) is 0.412. The SMILES string of the molecule is CCNC(=NCc1cc(OC)c(OC)c(OC)c1)NCc1ccon1. The number of nitrogens with one attached hydrogen (secondary N) is 2. The van der Waals surface area contributed by atoms with Gasteiger partial charge in [0, 0.05) is 12.6 Å². The molecule has 2 rings (SSSR count). The number of hydrogen-bond acceptors (Lipinski definition) is 6. The Morgan fingerprint density at radius 3 is 2.36 bits per heavy atom. The minimum atomic E-state index is 0.449. The summed E-state index contributed by atoms with van der Waals surface area (Å²) in [6.07, 6.45) is 1.54. The van der Waals surface area contributed by atoms with E-state index in [1.165, 1.54) is 6.26 Å². The Hall–Kier alpha value is -2.90. The number of methoxy groups -OCH3 is 3. The Balaban J connectivity index is 2.12. The molecule has 0 saturated carbocycles. The summed E-state index contributed by atoms with van der Waals surface area (Å²) in [5.41, 5.74) is 1.74. The van der Waals surface area contributed by atoms with E-state index in [1.807, 2.05) is 19.1 Å². The molecule has 136 valence electrons. The van der Waals surface area contributed by atoms with Crippen molar-refractivity contribution in [3.63, 3.8) is 0 Å². The summed E-state index contributed by atoms with van der Waals surface area (Å²) in [5.74, 6) is 2.45. The summed E-state index contributed by atoms with van der Waals surface area (Å²) in [6.45, 7) is 3.73. The van der Waals surface area contributed by atoms with E-state index in [9.17, 15) is 0 Å². The highest BCUT2D eigenvalue weighted by Gasteiger charge is 2.13. The van der Waals surface area contributed by atoms with E-state index in [4.69, 9.17) is 18.7 Å². The largest absolute Gasteiger partial charge is 0.493 e. The molecule has 0 unspecified atom stereocenters. The molecular formula is C17H24N4O4. The molecule has 8 heteroatoms. The van der Waals surface area contributed by atoms with Gasteiger partial charge < -0.3 is 29.4 Å². The van der Waals surface area contributed by atoms with Crippen LogP contribution in [0.2, 0.25) is 0 Å². The van der Waals surface area contributed by atoms with Gasteiger partial charge in [-0.1, -0.05) is 5.16 Å². The average Bonchev–Trinajstić information content (AvgIpc) is 3.16. The van der Waals surface area contributed by atoms with Crippen LogP contribution in [-0.2, 0) is 13.1 Å². The zero-order valence-electron chi connectivity index (χ0n) is 15.0.